The van der Waals surface area contributed by atoms with E-state index in [1.807, 2.05) is 36.6 Å². The molecule has 0 bridgehead atoms. The fourth-order valence-corrected chi connectivity index (χ4v) is 3.35. The Morgan fingerprint density at radius 3 is 2.70 bits per heavy atom. The highest BCUT2D eigenvalue weighted by atomic mass is 35.5. The maximum absolute atomic E-state index is 12.2. The van der Waals surface area contributed by atoms with Crippen molar-refractivity contribution < 1.29 is 4.79 Å². The lowest BCUT2D eigenvalue weighted by atomic mass is 10.1. The molecule has 1 N–H and O–H groups in total. The third-order valence-electron chi connectivity index (χ3n) is 3.86. The molecular formula is C19H20ClN5OS. The van der Waals surface area contributed by atoms with Gasteiger partial charge in [0.2, 0.25) is 5.91 Å². The molecule has 1 aromatic carbocycles. The predicted molar refractivity (Wildman–Crippen MR) is 110 cm³/mol. The van der Waals surface area contributed by atoms with Crippen LogP contribution in [-0.2, 0) is 11.3 Å². The molecule has 0 fully saturated rings. The maximum atomic E-state index is 12.2. The van der Waals surface area contributed by atoms with Crippen LogP contribution in [0.3, 0.4) is 0 Å². The molecule has 0 saturated heterocycles. The van der Waals surface area contributed by atoms with Gasteiger partial charge in [0.1, 0.15) is 10.8 Å². The molecule has 2 aromatic heterocycles. The first kappa shape index (κ1) is 19.3. The topological polar surface area (TPSA) is 72.7 Å². The molecule has 0 unspecified atom stereocenters. The molecule has 3 rings (SSSR count). The summed E-state index contributed by atoms with van der Waals surface area (Å²) in [5, 5.41) is 13.7. The first-order chi connectivity index (χ1) is 12.9. The molecule has 0 aliphatic carbocycles. The van der Waals surface area contributed by atoms with Crippen molar-refractivity contribution in [3.8, 4) is 11.3 Å². The average molecular weight is 402 g/mol. The van der Waals surface area contributed by atoms with E-state index in [4.69, 9.17) is 11.6 Å². The summed E-state index contributed by atoms with van der Waals surface area (Å²) in [7, 11) is 0. The van der Waals surface area contributed by atoms with E-state index in [1.54, 1.807) is 10.8 Å². The third kappa shape index (κ3) is 4.81. The molecule has 2 heterocycles. The largest absolute Gasteiger partial charge is 0.323 e. The first-order valence-corrected chi connectivity index (χ1v) is 9.75. The Hall–Kier alpha value is -2.51. The van der Waals surface area contributed by atoms with Crippen molar-refractivity contribution in [2.45, 2.75) is 27.3 Å². The lowest BCUT2D eigenvalue weighted by Crippen LogP contribution is -2.07. The number of benzene rings is 1. The summed E-state index contributed by atoms with van der Waals surface area (Å²) in [6.45, 7) is 6.83. The number of rotatable bonds is 6. The lowest BCUT2D eigenvalue weighted by molar-refractivity contribution is -0.111. The van der Waals surface area contributed by atoms with Crippen LogP contribution in [0.2, 0.25) is 5.15 Å². The van der Waals surface area contributed by atoms with Crippen LogP contribution in [0.1, 0.15) is 25.1 Å². The second-order valence-electron chi connectivity index (χ2n) is 6.56. The molecule has 6 nitrogen and oxygen atoms in total. The summed E-state index contributed by atoms with van der Waals surface area (Å²) in [5.41, 5.74) is 4.04. The van der Waals surface area contributed by atoms with Crippen LogP contribution < -0.4 is 5.32 Å². The number of amides is 1. The Morgan fingerprint density at radius 1 is 1.33 bits per heavy atom. The Labute approximate surface area is 167 Å². The average Bonchev–Trinajstić information content (AvgIpc) is 3.23. The lowest BCUT2D eigenvalue weighted by Gasteiger charge is -2.05. The van der Waals surface area contributed by atoms with E-state index in [1.165, 1.54) is 17.6 Å². The highest BCUT2D eigenvalue weighted by Crippen LogP contribution is 2.23. The number of anilines is 1. The molecule has 0 aliphatic rings. The van der Waals surface area contributed by atoms with Gasteiger partial charge in [-0.1, -0.05) is 42.1 Å². The van der Waals surface area contributed by atoms with Gasteiger partial charge in [0.15, 0.2) is 0 Å². The summed E-state index contributed by atoms with van der Waals surface area (Å²) in [6.07, 6.45) is 3.17. The van der Waals surface area contributed by atoms with Crippen LogP contribution in [0.4, 0.5) is 5.69 Å². The van der Waals surface area contributed by atoms with Crippen LogP contribution in [0.5, 0.6) is 0 Å². The molecule has 0 radical (unpaired) electrons. The van der Waals surface area contributed by atoms with E-state index in [0.717, 1.165) is 29.1 Å². The van der Waals surface area contributed by atoms with E-state index < -0.39 is 0 Å². The van der Waals surface area contributed by atoms with E-state index in [0.29, 0.717) is 16.8 Å². The highest BCUT2D eigenvalue weighted by Gasteiger charge is 2.12. The second kappa shape index (κ2) is 8.45. The van der Waals surface area contributed by atoms with Gasteiger partial charge in [-0.2, -0.15) is 5.10 Å². The Morgan fingerprint density at radius 2 is 2.07 bits per heavy atom. The maximum Gasteiger partial charge on any atom is 0.248 e. The van der Waals surface area contributed by atoms with Crippen molar-refractivity contribution in [1.29, 1.82) is 0 Å². The predicted octanol–water partition coefficient (Wildman–Crippen LogP) is 4.67. The summed E-state index contributed by atoms with van der Waals surface area (Å²) >= 11 is 7.69. The van der Waals surface area contributed by atoms with Gasteiger partial charge in [-0.05, 0) is 42.6 Å². The van der Waals surface area contributed by atoms with Crippen molar-refractivity contribution in [3.63, 3.8) is 0 Å². The number of aryl methyl sites for hydroxylation is 1. The summed E-state index contributed by atoms with van der Waals surface area (Å²) in [4.78, 5) is 12.2. The highest BCUT2D eigenvalue weighted by molar-refractivity contribution is 7.03. The minimum absolute atomic E-state index is 0.231. The molecule has 1 amide bonds. The standard InChI is InChI=1S/C19H20ClN5OS/c1-12(2)10-25-19(20)16(13(3)23-25)8-9-18(26)21-15-6-4-14(5-7-15)17-11-27-24-22-17/h4-9,11-12H,10H2,1-3H3,(H,21,26)/b9-8+. The SMILES string of the molecule is Cc1nn(CC(C)C)c(Cl)c1/C=C/C(=O)Nc1ccc(-c2csnn2)cc1. The fourth-order valence-electron chi connectivity index (χ4n) is 2.58. The zero-order valence-electron chi connectivity index (χ0n) is 15.3. The van der Waals surface area contributed by atoms with Gasteiger partial charge >= 0.3 is 0 Å². The number of hydrogen-bond donors (Lipinski definition) is 1. The number of nitrogens with one attached hydrogen (secondary N) is 1. The Bertz CT molecular complexity index is 945. The number of halogens is 1. The van der Waals surface area contributed by atoms with Crippen molar-refractivity contribution in [1.82, 2.24) is 19.4 Å². The monoisotopic (exact) mass is 401 g/mol. The zero-order valence-corrected chi connectivity index (χ0v) is 16.9. The van der Waals surface area contributed by atoms with E-state index in [2.05, 4.69) is 33.8 Å². The number of nitrogens with zero attached hydrogens (tertiary/aromatic N) is 4. The number of carbonyl (C=O) groups is 1. The minimum Gasteiger partial charge on any atom is -0.323 e. The number of aromatic nitrogens is 4. The molecule has 0 spiro atoms. The second-order valence-corrected chi connectivity index (χ2v) is 7.52. The van der Waals surface area contributed by atoms with Crippen molar-refractivity contribution >= 4 is 40.8 Å². The normalized spacial score (nSPS) is 11.4. The van der Waals surface area contributed by atoms with Crippen LogP contribution in [0, 0.1) is 12.8 Å². The Balaban J connectivity index is 1.66. The molecule has 3 aromatic rings. The van der Waals surface area contributed by atoms with Gasteiger partial charge < -0.3 is 5.32 Å². The molecule has 0 saturated carbocycles. The van der Waals surface area contributed by atoms with Gasteiger partial charge in [-0.3, -0.25) is 9.48 Å². The number of hydrogen-bond acceptors (Lipinski definition) is 5. The van der Waals surface area contributed by atoms with E-state index in [-0.39, 0.29) is 5.91 Å². The zero-order chi connectivity index (χ0) is 19.4. The summed E-state index contributed by atoms with van der Waals surface area (Å²) in [6, 6.07) is 7.46. The Kier molecular flexibility index (Phi) is 6.03. The molecule has 8 heteroatoms. The van der Waals surface area contributed by atoms with E-state index in [9.17, 15) is 4.79 Å². The van der Waals surface area contributed by atoms with Gasteiger partial charge in [-0.25, -0.2) is 0 Å². The van der Waals surface area contributed by atoms with Crippen LogP contribution >= 0.6 is 23.1 Å². The van der Waals surface area contributed by atoms with Crippen LogP contribution in [0.25, 0.3) is 17.3 Å². The van der Waals surface area contributed by atoms with Crippen LogP contribution in [0.15, 0.2) is 35.7 Å². The number of carbonyl (C=O) groups excluding carboxylic acids is 1. The molecule has 140 valence electrons. The molecular weight excluding hydrogens is 382 g/mol. The van der Waals surface area contributed by atoms with Crippen molar-refractivity contribution in [2.24, 2.45) is 5.92 Å². The van der Waals surface area contributed by atoms with E-state index >= 15 is 0 Å². The third-order valence-corrected chi connectivity index (χ3v) is 4.76. The fraction of sp³-hybridized carbons (Fsp3) is 0.263. The quantitative estimate of drug-likeness (QED) is 0.609. The van der Waals surface area contributed by atoms with Gasteiger partial charge in [0.25, 0.3) is 0 Å². The molecule has 0 aliphatic heterocycles. The summed E-state index contributed by atoms with van der Waals surface area (Å²) in [5.74, 6) is 0.204. The van der Waals surface area contributed by atoms with Gasteiger partial charge in [0.05, 0.1) is 5.69 Å². The summed E-state index contributed by atoms with van der Waals surface area (Å²) < 4.78 is 5.62. The van der Waals surface area contributed by atoms with Crippen molar-refractivity contribution in [2.75, 3.05) is 5.32 Å². The first-order valence-electron chi connectivity index (χ1n) is 8.53. The smallest absolute Gasteiger partial charge is 0.248 e. The van der Waals surface area contributed by atoms with Crippen LogP contribution in [-0.4, -0.2) is 25.3 Å². The minimum atomic E-state index is -0.231. The van der Waals surface area contributed by atoms with Gasteiger partial charge in [-0.15, -0.1) is 5.10 Å². The van der Waals surface area contributed by atoms with Crippen molar-refractivity contribution in [3.05, 3.63) is 52.1 Å². The molecule has 0 atom stereocenters. The molecule has 27 heavy (non-hydrogen) atoms. The van der Waals surface area contributed by atoms with Gasteiger partial charge in [0, 0.05) is 34.8 Å².